The van der Waals surface area contributed by atoms with Crippen LogP contribution in [0, 0.1) is 35.5 Å². The van der Waals surface area contributed by atoms with Gasteiger partial charge in [-0.3, -0.25) is 9.98 Å². The molecule has 0 aromatic rings. The lowest BCUT2D eigenvalue weighted by Crippen LogP contribution is -2.50. The maximum Gasteiger partial charge on any atom is 0.0609 e. The fraction of sp³-hybridized carbons (Fsp3) is 0.971. The third-order valence-electron chi connectivity index (χ3n) is 19.0. The van der Waals surface area contributed by atoms with Crippen molar-refractivity contribution in [1.29, 1.82) is 0 Å². The first-order valence-electron chi connectivity index (χ1n) is 34.1. The molecule has 0 amide bonds. The summed E-state index contributed by atoms with van der Waals surface area (Å²) in [5.74, 6) is 3.56. The summed E-state index contributed by atoms with van der Waals surface area (Å²) < 4.78 is 13.5. The highest BCUT2D eigenvalue weighted by molar-refractivity contribution is 5.91. The quantitative estimate of drug-likeness (QED) is 0.0488. The van der Waals surface area contributed by atoms with Crippen molar-refractivity contribution in [2.75, 3.05) is 13.2 Å². The Morgan fingerprint density at radius 1 is 0.392 bits per heavy atom. The van der Waals surface area contributed by atoms with Crippen LogP contribution in [0.15, 0.2) is 9.98 Å². The first-order chi connectivity index (χ1) is 36.0. The highest BCUT2D eigenvalue weighted by Gasteiger charge is 2.39. The van der Waals surface area contributed by atoms with E-state index in [1.165, 1.54) is 262 Å². The number of aliphatic imine (C=N–C) groups is 2. The van der Waals surface area contributed by atoms with Crippen LogP contribution in [0.2, 0.25) is 0 Å². The number of unbranched alkanes of at least 4 members (excludes halogenated alkanes) is 34. The molecular weight excluding hydrogens is 903 g/mol. The van der Waals surface area contributed by atoms with E-state index in [2.05, 4.69) is 74.6 Å². The average Bonchev–Trinajstić information content (AvgIpc) is 3.38. The van der Waals surface area contributed by atoms with Gasteiger partial charge in [-0.15, -0.1) is 0 Å². The Morgan fingerprint density at radius 3 is 0.905 bits per heavy atom. The van der Waals surface area contributed by atoms with E-state index in [9.17, 15) is 0 Å². The number of rotatable bonds is 46. The van der Waals surface area contributed by atoms with Gasteiger partial charge in [-0.1, -0.05) is 274 Å². The fourth-order valence-corrected chi connectivity index (χ4v) is 13.6. The highest BCUT2D eigenvalue weighted by Crippen LogP contribution is 2.39. The minimum Gasteiger partial charge on any atom is -0.378 e. The third kappa shape index (κ3) is 30.5. The van der Waals surface area contributed by atoms with Crippen LogP contribution in [-0.4, -0.2) is 61.0 Å². The van der Waals surface area contributed by atoms with E-state index in [0.717, 1.165) is 38.9 Å². The predicted octanol–water partition coefficient (Wildman–Crippen LogP) is 21.4. The van der Waals surface area contributed by atoms with E-state index >= 15 is 0 Å². The lowest BCUT2D eigenvalue weighted by Gasteiger charge is -2.41. The van der Waals surface area contributed by atoms with Crippen molar-refractivity contribution in [2.24, 2.45) is 45.5 Å². The molecule has 0 aromatic heterocycles. The van der Waals surface area contributed by atoms with Gasteiger partial charge in [-0.05, 0) is 107 Å². The van der Waals surface area contributed by atoms with Crippen LogP contribution in [0.3, 0.4) is 0 Å². The summed E-state index contributed by atoms with van der Waals surface area (Å²) in [6, 6.07) is 1.50. The summed E-state index contributed by atoms with van der Waals surface area (Å²) in [6.45, 7) is 25.7. The van der Waals surface area contributed by atoms with Crippen molar-refractivity contribution in [3.05, 3.63) is 0 Å². The molecule has 0 spiro atoms. The molecule has 10 atom stereocenters. The maximum atomic E-state index is 6.74. The molecule has 1 heterocycles. The van der Waals surface area contributed by atoms with Crippen LogP contribution in [0.5, 0.6) is 0 Å². The minimum absolute atomic E-state index is 0.353. The van der Waals surface area contributed by atoms with Gasteiger partial charge in [0.2, 0.25) is 0 Å². The Labute approximate surface area is 464 Å². The molecule has 3 fully saturated rings. The van der Waals surface area contributed by atoms with Crippen LogP contribution in [0.1, 0.15) is 345 Å². The molecule has 10 unspecified atom stereocenters. The SMILES string of the molecule is CCCCCCCCCCCCCCCCCCCCOC1CC(C)C(N=C(C)C2CCCC(C(C)=NC3CC(C(C)C)C(OCCCCCCCCCCCCCCCCCCCC)CC3C)N2)CC1C(C)C. The zero-order valence-corrected chi connectivity index (χ0v) is 52.0. The lowest BCUT2D eigenvalue weighted by atomic mass is 9.72. The van der Waals surface area contributed by atoms with Crippen LogP contribution in [-0.2, 0) is 9.47 Å². The normalized spacial score (nSPS) is 26.2. The average molecular weight is 1040 g/mol. The zero-order chi connectivity index (χ0) is 53.4. The van der Waals surface area contributed by atoms with E-state index in [4.69, 9.17) is 19.5 Å². The fourth-order valence-electron chi connectivity index (χ4n) is 13.6. The summed E-state index contributed by atoms with van der Waals surface area (Å²) in [6.07, 6.45) is 60.2. The summed E-state index contributed by atoms with van der Waals surface area (Å²) in [4.78, 5) is 11.2. The predicted molar refractivity (Wildman–Crippen MR) is 329 cm³/mol. The Hall–Kier alpha value is -0.780. The standard InChI is InChI=1S/C69H133N3O2/c1-11-13-15-17-19-21-23-25-27-29-31-33-35-37-39-41-43-45-50-73-68-52-58(7)66(54-62(68)56(3)4)70-60(9)64-48-47-49-65(72-64)61(10)71-67-55-63(57(5)6)69(53-59(67)8)74-51-46-44-42-40-38-36-34-32-30-28-26-24-22-20-18-16-14-12-2/h56-59,62-69,72H,11-55H2,1-10H3. The smallest absolute Gasteiger partial charge is 0.0609 e. The van der Waals surface area contributed by atoms with Crippen molar-refractivity contribution < 1.29 is 9.47 Å². The van der Waals surface area contributed by atoms with Crippen LogP contribution in [0.25, 0.3) is 0 Å². The van der Waals surface area contributed by atoms with Crippen LogP contribution in [0.4, 0.5) is 0 Å². The second kappa shape index (κ2) is 44.0. The van der Waals surface area contributed by atoms with Crippen molar-refractivity contribution in [2.45, 2.75) is 382 Å². The van der Waals surface area contributed by atoms with Gasteiger partial charge in [-0.25, -0.2) is 0 Å². The van der Waals surface area contributed by atoms with Gasteiger partial charge in [0.25, 0.3) is 0 Å². The van der Waals surface area contributed by atoms with Gasteiger partial charge in [0.05, 0.1) is 24.3 Å². The molecule has 2 saturated carbocycles. The van der Waals surface area contributed by atoms with E-state index < -0.39 is 0 Å². The first kappa shape index (κ1) is 67.5. The molecule has 1 aliphatic heterocycles. The summed E-state index contributed by atoms with van der Waals surface area (Å²) in [7, 11) is 0. The van der Waals surface area contributed by atoms with Gasteiger partial charge in [-0.2, -0.15) is 0 Å². The second-order valence-electron chi connectivity index (χ2n) is 26.4. The largest absolute Gasteiger partial charge is 0.378 e. The highest BCUT2D eigenvalue weighted by atomic mass is 16.5. The molecule has 0 aromatic carbocycles. The van der Waals surface area contributed by atoms with E-state index in [0.29, 0.717) is 71.9 Å². The van der Waals surface area contributed by atoms with Gasteiger partial charge in [0.15, 0.2) is 0 Å². The molecule has 74 heavy (non-hydrogen) atoms. The number of hydrogen-bond donors (Lipinski definition) is 1. The number of nitrogens with zero attached hydrogens (tertiary/aromatic N) is 2. The van der Waals surface area contributed by atoms with Gasteiger partial charge >= 0.3 is 0 Å². The molecule has 436 valence electrons. The molecule has 0 bridgehead atoms. The molecular formula is C69H133N3O2. The molecule has 2 aliphatic carbocycles. The van der Waals surface area contributed by atoms with Crippen LogP contribution >= 0.6 is 0 Å². The Morgan fingerprint density at radius 2 is 0.649 bits per heavy atom. The topological polar surface area (TPSA) is 55.2 Å². The lowest BCUT2D eigenvalue weighted by molar-refractivity contribution is -0.0445. The van der Waals surface area contributed by atoms with Gasteiger partial charge < -0.3 is 14.8 Å². The van der Waals surface area contributed by atoms with E-state index in [1.54, 1.807) is 0 Å². The maximum absolute atomic E-state index is 6.74. The number of piperidine rings is 1. The monoisotopic (exact) mass is 1040 g/mol. The van der Waals surface area contributed by atoms with Crippen molar-refractivity contribution in [3.63, 3.8) is 0 Å². The molecule has 3 aliphatic rings. The first-order valence-corrected chi connectivity index (χ1v) is 34.1. The van der Waals surface area contributed by atoms with Gasteiger partial charge in [0.1, 0.15) is 0 Å². The summed E-state index contributed by atoms with van der Waals surface area (Å²) >= 11 is 0. The van der Waals surface area contributed by atoms with Crippen molar-refractivity contribution in [1.82, 2.24) is 5.32 Å². The van der Waals surface area contributed by atoms with Crippen molar-refractivity contribution >= 4 is 11.4 Å². The van der Waals surface area contributed by atoms with Gasteiger partial charge in [0, 0.05) is 36.7 Å². The number of hydrogen-bond acceptors (Lipinski definition) is 5. The zero-order valence-electron chi connectivity index (χ0n) is 52.0. The van der Waals surface area contributed by atoms with Crippen LogP contribution < -0.4 is 5.32 Å². The second-order valence-corrected chi connectivity index (χ2v) is 26.4. The van der Waals surface area contributed by atoms with E-state index in [-0.39, 0.29) is 0 Å². The Bertz CT molecular complexity index is 1250. The molecule has 1 N–H and O–H groups in total. The molecule has 5 heteroatoms. The van der Waals surface area contributed by atoms with Crippen molar-refractivity contribution in [3.8, 4) is 0 Å². The van der Waals surface area contributed by atoms with E-state index in [1.807, 2.05) is 0 Å². The minimum atomic E-state index is 0.353. The number of nitrogens with one attached hydrogen (secondary N) is 1. The molecule has 0 radical (unpaired) electrons. The Balaban J connectivity index is 1.28. The summed E-state index contributed by atoms with van der Waals surface area (Å²) in [5, 5.41) is 4.09. The Kier molecular flexibility index (Phi) is 40.2. The molecule has 1 saturated heterocycles. The molecule has 3 rings (SSSR count). The molecule has 5 nitrogen and oxygen atoms in total. The third-order valence-corrected chi connectivity index (χ3v) is 19.0. The number of ether oxygens (including phenoxy) is 2. The summed E-state index contributed by atoms with van der Waals surface area (Å²) in [5.41, 5.74) is 2.64.